The van der Waals surface area contributed by atoms with Gasteiger partial charge in [0, 0.05) is 19.4 Å². The Morgan fingerprint density at radius 2 is 2.04 bits per heavy atom. The molecule has 0 aliphatic heterocycles. The highest BCUT2D eigenvalue weighted by Gasteiger charge is 2.15. The second-order valence-electron chi connectivity index (χ2n) is 5.87. The van der Waals surface area contributed by atoms with E-state index in [1.165, 1.54) is 0 Å². The van der Waals surface area contributed by atoms with Crippen LogP contribution in [0.3, 0.4) is 0 Å². The molecule has 5 nitrogen and oxygen atoms in total. The molecule has 6 heteroatoms. The molecule has 2 aromatic rings. The molecule has 0 saturated carbocycles. The van der Waals surface area contributed by atoms with Gasteiger partial charge in [0.1, 0.15) is 11.6 Å². The average Bonchev–Trinajstić information content (AvgIpc) is 2.92. The number of aliphatic hydroxyl groups excluding tert-OH is 1. The Hall–Kier alpha value is -2.03. The maximum absolute atomic E-state index is 9.61. The molecule has 0 aliphatic rings. The van der Waals surface area contributed by atoms with Gasteiger partial charge >= 0.3 is 0 Å². The van der Waals surface area contributed by atoms with Crippen molar-refractivity contribution in [3.8, 4) is 11.8 Å². The molecule has 0 amide bonds. The van der Waals surface area contributed by atoms with Crippen molar-refractivity contribution in [3.05, 3.63) is 46.5 Å². The van der Waals surface area contributed by atoms with Gasteiger partial charge in [0.05, 0.1) is 25.0 Å². The van der Waals surface area contributed by atoms with Crippen molar-refractivity contribution in [3.63, 3.8) is 0 Å². The summed E-state index contributed by atoms with van der Waals surface area (Å²) in [5.41, 5.74) is 1.75. The molecule has 0 bridgehead atoms. The lowest BCUT2D eigenvalue weighted by Gasteiger charge is -2.12. The third-order valence-corrected chi connectivity index (χ3v) is 4.27. The average molecular weight is 362 g/mol. The normalized spacial score (nSPS) is 10.6. The Balaban J connectivity index is 2.07. The summed E-state index contributed by atoms with van der Waals surface area (Å²) in [6.45, 7) is 3.17. The standard InChI is InChI=1S/C19H24ClN3O2/c1-2-3-6-18-22-19(20)17(14-24)23(18)13-15-7-9-16(10-8-15)25-12-5-4-11-21/h7-10,24H,2-6,12-14H2,1H3. The van der Waals surface area contributed by atoms with Crippen LogP contribution in [0, 0.1) is 11.3 Å². The molecular formula is C19H24ClN3O2. The summed E-state index contributed by atoms with van der Waals surface area (Å²) in [6.07, 6.45) is 4.19. The van der Waals surface area contributed by atoms with Crippen LogP contribution in [0.1, 0.15) is 49.7 Å². The van der Waals surface area contributed by atoms with Gasteiger partial charge in [-0.05, 0) is 30.5 Å². The Morgan fingerprint density at radius 1 is 1.28 bits per heavy atom. The summed E-state index contributed by atoms with van der Waals surface area (Å²) in [4.78, 5) is 4.41. The van der Waals surface area contributed by atoms with E-state index in [9.17, 15) is 5.11 Å². The SMILES string of the molecule is CCCCc1nc(Cl)c(CO)n1Cc1ccc(OCCCC#N)cc1. The predicted molar refractivity (Wildman–Crippen MR) is 97.7 cm³/mol. The molecule has 0 aliphatic carbocycles. The summed E-state index contributed by atoms with van der Waals surface area (Å²) < 4.78 is 7.61. The van der Waals surface area contributed by atoms with Gasteiger partial charge in [0.2, 0.25) is 0 Å². The van der Waals surface area contributed by atoms with Gasteiger partial charge in [-0.2, -0.15) is 5.26 Å². The molecule has 0 unspecified atom stereocenters. The fourth-order valence-corrected chi connectivity index (χ4v) is 2.84. The highest BCUT2D eigenvalue weighted by molar-refractivity contribution is 6.30. The quantitative estimate of drug-likeness (QED) is 0.646. The van der Waals surface area contributed by atoms with Crippen molar-refractivity contribution < 1.29 is 9.84 Å². The number of aromatic nitrogens is 2. The van der Waals surface area contributed by atoms with Crippen LogP contribution in [0.15, 0.2) is 24.3 Å². The van der Waals surface area contributed by atoms with E-state index in [0.29, 0.717) is 30.4 Å². The summed E-state index contributed by atoms with van der Waals surface area (Å²) in [6, 6.07) is 9.94. The Kier molecular flexibility index (Phi) is 7.77. The Bertz CT molecular complexity index is 705. The topological polar surface area (TPSA) is 71.1 Å². The van der Waals surface area contributed by atoms with E-state index in [1.807, 2.05) is 28.8 Å². The highest BCUT2D eigenvalue weighted by atomic mass is 35.5. The molecule has 0 radical (unpaired) electrons. The summed E-state index contributed by atoms with van der Waals surface area (Å²) >= 11 is 6.17. The van der Waals surface area contributed by atoms with Gasteiger partial charge < -0.3 is 14.4 Å². The summed E-state index contributed by atoms with van der Waals surface area (Å²) in [5.74, 6) is 1.70. The number of ether oxygens (including phenoxy) is 1. The Morgan fingerprint density at radius 3 is 2.68 bits per heavy atom. The molecule has 2 rings (SSSR count). The number of benzene rings is 1. The van der Waals surface area contributed by atoms with Gasteiger partial charge in [0.15, 0.2) is 5.15 Å². The molecule has 0 fully saturated rings. The largest absolute Gasteiger partial charge is 0.494 e. The van der Waals surface area contributed by atoms with E-state index < -0.39 is 0 Å². The zero-order chi connectivity index (χ0) is 18.1. The molecule has 0 spiro atoms. The van der Waals surface area contributed by atoms with Gasteiger partial charge in [-0.1, -0.05) is 37.1 Å². The Labute approximate surface area is 153 Å². The molecule has 0 atom stereocenters. The fraction of sp³-hybridized carbons (Fsp3) is 0.474. The van der Waals surface area contributed by atoms with Crippen molar-refractivity contribution in [2.24, 2.45) is 0 Å². The van der Waals surface area contributed by atoms with Crippen LogP contribution < -0.4 is 4.74 Å². The van der Waals surface area contributed by atoms with Gasteiger partial charge in [-0.15, -0.1) is 0 Å². The minimum absolute atomic E-state index is 0.127. The van der Waals surface area contributed by atoms with Gasteiger partial charge in [-0.25, -0.2) is 4.98 Å². The second kappa shape index (κ2) is 10.1. The zero-order valence-electron chi connectivity index (χ0n) is 14.5. The minimum Gasteiger partial charge on any atom is -0.494 e. The monoisotopic (exact) mass is 361 g/mol. The molecule has 134 valence electrons. The number of unbranched alkanes of at least 4 members (excludes halogenated alkanes) is 2. The molecular weight excluding hydrogens is 338 g/mol. The second-order valence-corrected chi connectivity index (χ2v) is 6.23. The number of halogens is 1. The minimum atomic E-state index is -0.127. The third kappa shape index (κ3) is 5.48. The van der Waals surface area contributed by atoms with Crippen molar-refractivity contribution in [1.29, 1.82) is 5.26 Å². The van der Waals surface area contributed by atoms with E-state index in [-0.39, 0.29) is 6.61 Å². The number of nitriles is 1. The number of hydrogen-bond donors (Lipinski definition) is 1. The molecule has 1 N–H and O–H groups in total. The lowest BCUT2D eigenvalue weighted by molar-refractivity contribution is 0.271. The lowest BCUT2D eigenvalue weighted by Crippen LogP contribution is -2.09. The van der Waals surface area contributed by atoms with Crippen molar-refractivity contribution in [1.82, 2.24) is 9.55 Å². The van der Waals surface area contributed by atoms with Crippen LogP contribution >= 0.6 is 11.6 Å². The number of hydrogen-bond acceptors (Lipinski definition) is 4. The fourth-order valence-electron chi connectivity index (χ4n) is 2.58. The molecule has 1 aromatic heterocycles. The van der Waals surface area contributed by atoms with E-state index in [2.05, 4.69) is 18.0 Å². The van der Waals surface area contributed by atoms with Gasteiger partial charge in [-0.3, -0.25) is 0 Å². The third-order valence-electron chi connectivity index (χ3n) is 3.97. The van der Waals surface area contributed by atoms with Crippen LogP contribution in [0.5, 0.6) is 5.75 Å². The number of rotatable bonds is 10. The highest BCUT2D eigenvalue weighted by Crippen LogP contribution is 2.21. The van der Waals surface area contributed by atoms with Crippen molar-refractivity contribution in [2.45, 2.75) is 52.2 Å². The van der Waals surface area contributed by atoms with Gasteiger partial charge in [0.25, 0.3) is 0 Å². The van der Waals surface area contributed by atoms with E-state index in [1.54, 1.807) is 0 Å². The first-order valence-corrected chi connectivity index (χ1v) is 9.00. The summed E-state index contributed by atoms with van der Waals surface area (Å²) in [5, 5.41) is 18.5. The number of imidazole rings is 1. The van der Waals surface area contributed by atoms with Crippen molar-refractivity contribution in [2.75, 3.05) is 6.61 Å². The van der Waals surface area contributed by atoms with Crippen molar-refractivity contribution >= 4 is 11.6 Å². The van der Waals surface area contributed by atoms with E-state index >= 15 is 0 Å². The first-order valence-electron chi connectivity index (χ1n) is 8.62. The molecule has 1 aromatic carbocycles. The zero-order valence-corrected chi connectivity index (χ0v) is 15.3. The number of nitrogens with zero attached hydrogens (tertiary/aromatic N) is 3. The molecule has 25 heavy (non-hydrogen) atoms. The summed E-state index contributed by atoms with van der Waals surface area (Å²) in [7, 11) is 0. The predicted octanol–water partition coefficient (Wildman–Crippen LogP) is 4.10. The first-order chi connectivity index (χ1) is 12.2. The van der Waals surface area contributed by atoms with E-state index in [0.717, 1.165) is 42.8 Å². The van der Waals surface area contributed by atoms with Crippen LogP contribution in [-0.4, -0.2) is 21.3 Å². The van der Waals surface area contributed by atoms with Crippen LogP contribution in [0.25, 0.3) is 0 Å². The van der Waals surface area contributed by atoms with Crippen LogP contribution in [-0.2, 0) is 19.6 Å². The maximum Gasteiger partial charge on any atom is 0.152 e. The smallest absolute Gasteiger partial charge is 0.152 e. The van der Waals surface area contributed by atoms with Crippen LogP contribution in [0.4, 0.5) is 0 Å². The molecule has 1 heterocycles. The number of aryl methyl sites for hydroxylation is 1. The lowest BCUT2D eigenvalue weighted by atomic mass is 10.2. The molecule has 0 saturated heterocycles. The van der Waals surface area contributed by atoms with Crippen LogP contribution in [0.2, 0.25) is 5.15 Å². The first kappa shape index (κ1) is 19.3. The number of aliphatic hydroxyl groups is 1. The maximum atomic E-state index is 9.61. The van der Waals surface area contributed by atoms with E-state index in [4.69, 9.17) is 21.6 Å².